The van der Waals surface area contributed by atoms with E-state index in [4.69, 9.17) is 5.73 Å². The van der Waals surface area contributed by atoms with E-state index in [1.807, 2.05) is 4.90 Å². The predicted molar refractivity (Wildman–Crippen MR) is 142 cm³/mol. The highest BCUT2D eigenvalue weighted by molar-refractivity contribution is 6.25. The van der Waals surface area contributed by atoms with Gasteiger partial charge in [-0.3, -0.25) is 24.2 Å². The number of rotatable bonds is 3. The van der Waals surface area contributed by atoms with Crippen LogP contribution in [0.4, 0.5) is 18.9 Å². The Morgan fingerprint density at radius 3 is 2.49 bits per heavy atom. The average Bonchev–Trinajstić information content (AvgIpc) is 3.28. The molecule has 0 radical (unpaired) electrons. The lowest BCUT2D eigenvalue weighted by molar-refractivity contribution is -0.275. The number of aromatic hydroxyl groups is 1. The van der Waals surface area contributed by atoms with E-state index in [0.717, 1.165) is 0 Å². The summed E-state index contributed by atoms with van der Waals surface area (Å²) in [7, 11) is 4.71. The highest BCUT2D eigenvalue weighted by atomic mass is 19.4. The summed E-state index contributed by atoms with van der Waals surface area (Å²) in [5.41, 5.74) is 0.260. The number of nitrogens with one attached hydrogen (secondary N) is 1. The molecule has 6 rings (SSSR count). The fourth-order valence-electron chi connectivity index (χ4n) is 8.00. The van der Waals surface area contributed by atoms with Gasteiger partial charge >= 0.3 is 6.36 Å². The number of amides is 1. The van der Waals surface area contributed by atoms with Crippen molar-refractivity contribution in [2.75, 3.05) is 39.5 Å². The lowest BCUT2D eigenvalue weighted by Crippen LogP contribution is -2.63. The van der Waals surface area contributed by atoms with E-state index in [0.29, 0.717) is 19.5 Å². The lowest BCUT2D eigenvalue weighted by Gasteiger charge is -2.50. The van der Waals surface area contributed by atoms with E-state index in [1.165, 1.54) is 19.0 Å². The number of anilines is 1. The minimum absolute atomic E-state index is 0.0762. The summed E-state index contributed by atoms with van der Waals surface area (Å²) in [6, 6.07) is -1.77. The number of hydrogen-bond acceptors (Lipinski definition) is 11. The number of likely N-dealkylation sites (tertiary alicyclic amines) is 1. The van der Waals surface area contributed by atoms with Crippen LogP contribution in [0, 0.1) is 17.8 Å². The van der Waals surface area contributed by atoms with E-state index in [2.05, 4.69) is 10.1 Å². The number of halogens is 3. The molecule has 6 atom stereocenters. The van der Waals surface area contributed by atoms with Crippen LogP contribution in [-0.2, 0) is 16.0 Å². The maximum atomic E-state index is 14.1. The minimum Gasteiger partial charge on any atom is -0.510 e. The maximum absolute atomic E-state index is 14.1. The normalized spacial score (nSPS) is 32.1. The Labute approximate surface area is 243 Å². The van der Waals surface area contributed by atoms with Gasteiger partial charge in [-0.25, -0.2) is 0 Å². The first-order valence-electron chi connectivity index (χ1n) is 13.8. The number of aliphatic hydroxyl groups is 3. The second-order valence-electron chi connectivity index (χ2n) is 12.2. The number of phenols is 1. The molecule has 2 unspecified atom stereocenters. The number of carbonyl (C=O) groups is 3. The molecule has 5 aliphatic rings. The van der Waals surface area contributed by atoms with Crippen LogP contribution in [0.15, 0.2) is 22.7 Å². The number of phenolic OH excluding ortho intramolecular Hbond substituents is 1. The van der Waals surface area contributed by atoms with Crippen molar-refractivity contribution >= 4 is 23.2 Å². The van der Waals surface area contributed by atoms with Gasteiger partial charge in [-0.05, 0) is 58.8 Å². The molecule has 1 aromatic carbocycles. The van der Waals surface area contributed by atoms with Crippen molar-refractivity contribution in [1.82, 2.24) is 9.80 Å². The number of ether oxygens (including phenoxy) is 1. The van der Waals surface area contributed by atoms with Gasteiger partial charge in [-0.15, -0.1) is 13.2 Å². The summed E-state index contributed by atoms with van der Waals surface area (Å²) >= 11 is 0. The van der Waals surface area contributed by atoms with E-state index < -0.39 is 93.1 Å². The summed E-state index contributed by atoms with van der Waals surface area (Å²) in [6.07, 6.45) is -5.06. The Morgan fingerprint density at radius 1 is 1.21 bits per heavy atom. The fraction of sp³-hybridized carbons (Fsp3) is 0.536. The number of allylic oxidation sites excluding steroid dienone is 1. The van der Waals surface area contributed by atoms with Gasteiger partial charge in [-0.1, -0.05) is 0 Å². The number of Topliss-reactive ketones (excluding diaryl/α,β-unsaturated/α-hetero) is 2. The molecule has 1 aromatic rings. The molecule has 12 nitrogen and oxygen atoms in total. The van der Waals surface area contributed by atoms with Crippen LogP contribution < -0.4 is 15.8 Å². The van der Waals surface area contributed by atoms with Crippen LogP contribution in [0.3, 0.4) is 0 Å². The zero-order chi connectivity index (χ0) is 31.5. The van der Waals surface area contributed by atoms with E-state index in [-0.39, 0.29) is 35.6 Å². The first-order valence-corrected chi connectivity index (χ1v) is 13.8. The highest BCUT2D eigenvalue weighted by Gasteiger charge is 2.63. The van der Waals surface area contributed by atoms with Crippen molar-refractivity contribution in [3.8, 4) is 11.5 Å². The fourth-order valence-corrected chi connectivity index (χ4v) is 8.00. The molecule has 0 spiro atoms. The number of nitrogens with zero attached hydrogens (tertiary/aromatic N) is 2. The third kappa shape index (κ3) is 3.90. The zero-order valence-electron chi connectivity index (χ0n) is 23.4. The molecule has 1 fully saturated rings. The Morgan fingerprint density at radius 2 is 1.88 bits per heavy atom. The van der Waals surface area contributed by atoms with Gasteiger partial charge in [0.05, 0.1) is 17.3 Å². The van der Waals surface area contributed by atoms with Crippen molar-refractivity contribution < 1.29 is 52.7 Å². The van der Waals surface area contributed by atoms with E-state index >= 15 is 0 Å². The average molecular weight is 609 g/mol. The smallest absolute Gasteiger partial charge is 0.510 e. The quantitative estimate of drug-likeness (QED) is 0.215. The number of alkyl halides is 3. The molecule has 232 valence electrons. The minimum atomic E-state index is -5.15. The number of carbonyl (C=O) groups excluding carboxylic acids is 3. The van der Waals surface area contributed by atoms with Crippen molar-refractivity contribution in [1.29, 1.82) is 0 Å². The standard InChI is InChI=1S/C28H31F3N4O8/c1-34(2)19-12-7-10-6-11-14(20(36)13(10)24(39)27(12,42)25(40)16(22(19)38)26(32)41)21(37)17-15(23(11)43-28(29,30)31)18-9(8-33-17)4-5-35(18)3/h9-10,12,18-19,33,37-39,42H,4-8H2,1-3H3,(H2,32,41)/t9?,10-,12-,18?,19-,27-/m1/s1. The SMILES string of the molecule is CN1CCC2CNc3c(O)c4c(c(OC(F)(F)F)c3C21)C[C@@H]1C[C@@H]2[C@@H](N(C)C)C(O)=C(C(N)=O)C(=O)[C@]2(O)C(O)=C1C4=O. The first kappa shape index (κ1) is 29.3. The van der Waals surface area contributed by atoms with Crippen LogP contribution >= 0.6 is 0 Å². The van der Waals surface area contributed by atoms with Crippen molar-refractivity contribution in [3.63, 3.8) is 0 Å². The molecule has 0 aromatic heterocycles. The van der Waals surface area contributed by atoms with Crippen molar-refractivity contribution in [3.05, 3.63) is 39.4 Å². The zero-order valence-corrected chi connectivity index (χ0v) is 23.4. The van der Waals surface area contributed by atoms with Gasteiger partial charge in [0.15, 0.2) is 17.1 Å². The van der Waals surface area contributed by atoms with Crippen LogP contribution in [0.1, 0.15) is 40.4 Å². The van der Waals surface area contributed by atoms with Crippen molar-refractivity contribution in [2.24, 2.45) is 23.5 Å². The molecule has 1 saturated heterocycles. The van der Waals surface area contributed by atoms with Gasteiger partial charge in [0, 0.05) is 35.2 Å². The number of benzene rings is 1. The number of fused-ring (bicyclic) bond motifs is 6. The summed E-state index contributed by atoms with van der Waals surface area (Å²) < 4.78 is 46.4. The number of hydrogen-bond donors (Lipinski definition) is 6. The van der Waals surface area contributed by atoms with E-state index in [1.54, 1.807) is 7.05 Å². The molecule has 7 N–H and O–H groups in total. The molecule has 1 amide bonds. The predicted octanol–water partition coefficient (Wildman–Crippen LogP) is 1.44. The lowest BCUT2D eigenvalue weighted by atomic mass is 9.58. The first-order chi connectivity index (χ1) is 20.0. The van der Waals surface area contributed by atoms with Crippen LogP contribution in [0.25, 0.3) is 0 Å². The Balaban J connectivity index is 1.59. The molecule has 43 heavy (non-hydrogen) atoms. The molecule has 2 aliphatic heterocycles. The molecule has 0 bridgehead atoms. The molecular weight excluding hydrogens is 577 g/mol. The summed E-state index contributed by atoms with van der Waals surface area (Å²) in [4.78, 5) is 42.9. The van der Waals surface area contributed by atoms with Crippen molar-refractivity contribution in [2.45, 2.75) is 43.3 Å². The number of aliphatic hydroxyl groups excluding tert-OH is 2. The third-order valence-electron chi connectivity index (χ3n) is 9.71. The summed E-state index contributed by atoms with van der Waals surface area (Å²) in [5, 5.41) is 48.4. The molecular formula is C28H31F3N4O8. The van der Waals surface area contributed by atoms with Gasteiger partial charge in [-0.2, -0.15) is 0 Å². The Kier molecular flexibility index (Phi) is 6.35. The van der Waals surface area contributed by atoms with Gasteiger partial charge in [0.1, 0.15) is 22.8 Å². The summed E-state index contributed by atoms with van der Waals surface area (Å²) in [6.45, 7) is 0.907. The van der Waals surface area contributed by atoms with Crippen LogP contribution in [0.5, 0.6) is 11.5 Å². The Hall–Kier alpha value is -3.82. The topological polar surface area (TPSA) is 186 Å². The van der Waals surface area contributed by atoms with Crippen LogP contribution in [-0.4, -0.2) is 99.9 Å². The molecule has 15 heteroatoms. The van der Waals surface area contributed by atoms with Gasteiger partial charge in [0.2, 0.25) is 5.78 Å². The van der Waals surface area contributed by atoms with Crippen LogP contribution in [0.2, 0.25) is 0 Å². The number of nitrogens with two attached hydrogens (primary N) is 1. The second kappa shape index (κ2) is 9.34. The van der Waals surface area contributed by atoms with E-state index in [9.17, 15) is 48.0 Å². The summed E-state index contributed by atoms with van der Waals surface area (Å²) in [5.74, 6) is -9.41. The van der Waals surface area contributed by atoms with Gasteiger partial charge in [0.25, 0.3) is 5.91 Å². The molecule has 2 heterocycles. The molecule has 0 saturated carbocycles. The maximum Gasteiger partial charge on any atom is 0.573 e. The number of ketones is 2. The number of primary amides is 1. The third-order valence-corrected chi connectivity index (χ3v) is 9.71. The number of likely N-dealkylation sites (N-methyl/N-ethyl adjacent to an activating group) is 1. The monoisotopic (exact) mass is 608 g/mol. The van der Waals surface area contributed by atoms with Gasteiger partial charge < -0.3 is 36.2 Å². The largest absolute Gasteiger partial charge is 0.573 e. The highest BCUT2D eigenvalue weighted by Crippen LogP contribution is 2.58. The second-order valence-corrected chi connectivity index (χ2v) is 12.2. The Bertz CT molecular complexity index is 1550. The molecule has 3 aliphatic carbocycles.